The number of ether oxygens (including phenoxy) is 2. The van der Waals surface area contributed by atoms with E-state index in [0.29, 0.717) is 34.5 Å². The molecular weight excluding hydrogens is 436 g/mol. The smallest absolute Gasteiger partial charge is 0.263 e. The number of pyridine rings is 1. The SMILES string of the molecule is Cc1oc(-c2ccco2)nc1COc1ccc(COc2nn(-c3ccccc3)cc2C=O)cn1. The number of rotatable bonds is 9. The average Bonchev–Trinajstić information content (AvgIpc) is 3.62. The fourth-order valence-corrected chi connectivity index (χ4v) is 3.22. The molecule has 4 aromatic heterocycles. The molecule has 0 N–H and O–H groups in total. The van der Waals surface area contributed by atoms with E-state index in [1.165, 1.54) is 0 Å². The van der Waals surface area contributed by atoms with E-state index in [9.17, 15) is 4.79 Å². The van der Waals surface area contributed by atoms with Gasteiger partial charge in [-0.25, -0.2) is 14.6 Å². The normalized spacial score (nSPS) is 10.9. The molecule has 170 valence electrons. The Morgan fingerprint density at radius 1 is 1.03 bits per heavy atom. The summed E-state index contributed by atoms with van der Waals surface area (Å²) >= 11 is 0. The van der Waals surface area contributed by atoms with Crippen molar-refractivity contribution in [1.82, 2.24) is 19.7 Å². The van der Waals surface area contributed by atoms with Crippen molar-refractivity contribution >= 4 is 6.29 Å². The standard InChI is InChI=1S/C25H20N4O5/c1-17-21(27-25(34-17)22-8-5-11-31-22)16-32-23-10-9-18(12-26-23)15-33-24-19(14-30)13-29(28-24)20-6-3-2-4-7-20/h2-14H,15-16H2,1H3. The van der Waals surface area contributed by atoms with Crippen LogP contribution in [0, 0.1) is 6.92 Å². The number of para-hydroxylation sites is 1. The zero-order chi connectivity index (χ0) is 23.3. The van der Waals surface area contributed by atoms with Crippen LogP contribution in [0.3, 0.4) is 0 Å². The lowest BCUT2D eigenvalue weighted by Crippen LogP contribution is -2.02. The Morgan fingerprint density at radius 3 is 2.65 bits per heavy atom. The van der Waals surface area contributed by atoms with Crippen LogP contribution in [0.4, 0.5) is 0 Å². The van der Waals surface area contributed by atoms with Crippen LogP contribution in [0.25, 0.3) is 17.3 Å². The molecule has 5 aromatic rings. The van der Waals surface area contributed by atoms with Gasteiger partial charge in [-0.1, -0.05) is 18.2 Å². The zero-order valence-electron chi connectivity index (χ0n) is 18.2. The number of hydrogen-bond donors (Lipinski definition) is 0. The fraction of sp³-hybridized carbons (Fsp3) is 0.120. The van der Waals surface area contributed by atoms with Crippen molar-refractivity contribution < 1.29 is 23.1 Å². The maximum atomic E-state index is 11.4. The molecule has 0 saturated heterocycles. The van der Waals surface area contributed by atoms with Crippen molar-refractivity contribution in [2.45, 2.75) is 20.1 Å². The number of aryl methyl sites for hydroxylation is 1. The van der Waals surface area contributed by atoms with E-state index >= 15 is 0 Å². The monoisotopic (exact) mass is 456 g/mol. The number of nitrogens with zero attached hydrogens (tertiary/aromatic N) is 4. The van der Waals surface area contributed by atoms with Crippen molar-refractivity contribution in [1.29, 1.82) is 0 Å². The maximum absolute atomic E-state index is 11.4. The highest BCUT2D eigenvalue weighted by molar-refractivity contribution is 5.78. The van der Waals surface area contributed by atoms with Gasteiger partial charge in [0.15, 0.2) is 12.0 Å². The number of aromatic nitrogens is 4. The first kappa shape index (κ1) is 21.2. The molecule has 0 aliphatic heterocycles. The minimum atomic E-state index is 0.203. The Kier molecular flexibility index (Phi) is 5.89. The van der Waals surface area contributed by atoms with Crippen LogP contribution in [-0.4, -0.2) is 26.0 Å². The molecule has 0 fully saturated rings. The first-order valence-corrected chi connectivity index (χ1v) is 10.5. The first-order chi connectivity index (χ1) is 16.7. The molecular formula is C25H20N4O5. The Morgan fingerprint density at radius 2 is 1.91 bits per heavy atom. The lowest BCUT2D eigenvalue weighted by Gasteiger charge is -2.06. The van der Waals surface area contributed by atoms with Crippen LogP contribution in [0.5, 0.6) is 11.8 Å². The molecule has 0 aliphatic rings. The molecule has 0 amide bonds. The number of carbonyl (C=O) groups excluding carboxylic acids is 1. The Balaban J connectivity index is 1.19. The summed E-state index contributed by atoms with van der Waals surface area (Å²) in [6.07, 6.45) is 5.57. The van der Waals surface area contributed by atoms with Crippen molar-refractivity contribution in [3.05, 3.63) is 95.8 Å². The van der Waals surface area contributed by atoms with Gasteiger partial charge in [-0.05, 0) is 37.3 Å². The minimum absolute atomic E-state index is 0.203. The van der Waals surface area contributed by atoms with E-state index < -0.39 is 0 Å². The second-order valence-corrected chi connectivity index (χ2v) is 7.37. The van der Waals surface area contributed by atoms with Crippen LogP contribution in [-0.2, 0) is 13.2 Å². The zero-order valence-corrected chi connectivity index (χ0v) is 18.2. The average molecular weight is 456 g/mol. The molecule has 0 radical (unpaired) electrons. The largest absolute Gasteiger partial charge is 0.471 e. The van der Waals surface area contributed by atoms with Crippen LogP contribution < -0.4 is 9.47 Å². The molecule has 0 bridgehead atoms. The second-order valence-electron chi connectivity index (χ2n) is 7.37. The fourth-order valence-electron chi connectivity index (χ4n) is 3.22. The molecule has 0 atom stereocenters. The van der Waals surface area contributed by atoms with Gasteiger partial charge in [-0.15, -0.1) is 5.10 Å². The summed E-state index contributed by atoms with van der Waals surface area (Å²) < 4.78 is 24.1. The lowest BCUT2D eigenvalue weighted by molar-refractivity contribution is 0.111. The van der Waals surface area contributed by atoms with E-state index in [1.54, 1.807) is 41.5 Å². The molecule has 9 nitrogen and oxygen atoms in total. The van der Waals surface area contributed by atoms with Crippen molar-refractivity contribution in [2.75, 3.05) is 0 Å². The Hall–Kier alpha value is -4.66. The third kappa shape index (κ3) is 4.58. The summed E-state index contributed by atoms with van der Waals surface area (Å²) in [4.78, 5) is 20.2. The third-order valence-corrected chi connectivity index (χ3v) is 5.01. The lowest BCUT2D eigenvalue weighted by atomic mass is 10.3. The summed E-state index contributed by atoms with van der Waals surface area (Å²) in [5.41, 5.74) is 2.67. The summed E-state index contributed by atoms with van der Waals surface area (Å²) in [6.45, 7) is 2.23. The van der Waals surface area contributed by atoms with Gasteiger partial charge >= 0.3 is 0 Å². The number of carbonyl (C=O) groups is 1. The summed E-state index contributed by atoms with van der Waals surface area (Å²) in [5.74, 6) is 2.31. The quantitative estimate of drug-likeness (QED) is 0.291. The third-order valence-electron chi connectivity index (χ3n) is 5.01. The van der Waals surface area contributed by atoms with Gasteiger partial charge in [0.2, 0.25) is 11.8 Å². The minimum Gasteiger partial charge on any atom is -0.471 e. The molecule has 4 heterocycles. The summed E-state index contributed by atoms with van der Waals surface area (Å²) in [5, 5.41) is 4.37. The van der Waals surface area contributed by atoms with Crippen LogP contribution >= 0.6 is 0 Å². The van der Waals surface area contributed by atoms with Gasteiger partial charge in [0.25, 0.3) is 5.89 Å². The molecule has 34 heavy (non-hydrogen) atoms. The van der Waals surface area contributed by atoms with Gasteiger partial charge in [-0.2, -0.15) is 0 Å². The van der Waals surface area contributed by atoms with Gasteiger partial charge in [0, 0.05) is 24.0 Å². The number of aldehydes is 1. The van der Waals surface area contributed by atoms with E-state index in [4.69, 9.17) is 18.3 Å². The highest BCUT2D eigenvalue weighted by atomic mass is 16.5. The van der Waals surface area contributed by atoms with E-state index in [-0.39, 0.29) is 19.1 Å². The second kappa shape index (κ2) is 9.45. The molecule has 0 spiro atoms. The maximum Gasteiger partial charge on any atom is 0.263 e. The van der Waals surface area contributed by atoms with E-state index in [0.717, 1.165) is 17.5 Å². The van der Waals surface area contributed by atoms with Gasteiger partial charge < -0.3 is 18.3 Å². The number of benzene rings is 1. The highest BCUT2D eigenvalue weighted by Gasteiger charge is 2.14. The predicted octanol–water partition coefficient (Wildman–Crippen LogP) is 4.79. The predicted molar refractivity (Wildman–Crippen MR) is 121 cm³/mol. The van der Waals surface area contributed by atoms with E-state index in [1.807, 2.05) is 43.3 Å². The molecule has 0 aliphatic carbocycles. The molecule has 9 heteroatoms. The Bertz CT molecular complexity index is 1370. The summed E-state index contributed by atoms with van der Waals surface area (Å²) in [6, 6.07) is 16.6. The van der Waals surface area contributed by atoms with Crippen LogP contribution in [0.1, 0.15) is 27.4 Å². The van der Waals surface area contributed by atoms with Gasteiger partial charge in [-0.3, -0.25) is 4.79 Å². The van der Waals surface area contributed by atoms with E-state index in [2.05, 4.69) is 15.1 Å². The van der Waals surface area contributed by atoms with Crippen molar-refractivity contribution in [2.24, 2.45) is 0 Å². The molecule has 1 aromatic carbocycles. The molecule has 0 saturated carbocycles. The summed E-state index contributed by atoms with van der Waals surface area (Å²) in [7, 11) is 0. The van der Waals surface area contributed by atoms with Crippen LogP contribution in [0.15, 0.2) is 82.1 Å². The topological polar surface area (TPSA) is 105 Å². The molecule has 5 rings (SSSR count). The number of hydrogen-bond acceptors (Lipinski definition) is 8. The number of oxazole rings is 1. The van der Waals surface area contributed by atoms with Crippen molar-refractivity contribution in [3.63, 3.8) is 0 Å². The molecule has 0 unspecified atom stereocenters. The first-order valence-electron chi connectivity index (χ1n) is 10.5. The highest BCUT2D eigenvalue weighted by Crippen LogP contribution is 2.23. The van der Waals surface area contributed by atoms with Gasteiger partial charge in [0.05, 0.1) is 17.5 Å². The van der Waals surface area contributed by atoms with Crippen molar-refractivity contribution in [3.8, 4) is 29.1 Å². The Labute approximate surface area is 194 Å². The number of furan rings is 1. The van der Waals surface area contributed by atoms with Gasteiger partial charge in [0.1, 0.15) is 24.7 Å². The van der Waals surface area contributed by atoms with Crippen LogP contribution in [0.2, 0.25) is 0 Å².